The zero-order valence-corrected chi connectivity index (χ0v) is 14.4. The van der Waals surface area contributed by atoms with Gasteiger partial charge in [-0.15, -0.1) is 0 Å². The fourth-order valence-corrected chi connectivity index (χ4v) is 3.36. The molecule has 5 nitrogen and oxygen atoms in total. The number of carbonyl (C=O) groups excluding carboxylic acids is 1. The highest BCUT2D eigenvalue weighted by Gasteiger charge is 2.24. The maximum atomic E-state index is 11.9. The number of likely N-dealkylation sites (tertiary alicyclic amines) is 1. The lowest BCUT2D eigenvalue weighted by Gasteiger charge is -2.32. The van der Waals surface area contributed by atoms with Crippen molar-refractivity contribution in [3.05, 3.63) is 53.3 Å². The highest BCUT2D eigenvalue weighted by atomic mass is 16.5. The fraction of sp³-hybridized carbons (Fsp3) is 0.474. The van der Waals surface area contributed by atoms with Gasteiger partial charge in [-0.1, -0.05) is 30.3 Å². The van der Waals surface area contributed by atoms with Crippen LogP contribution in [-0.4, -0.2) is 40.3 Å². The molecule has 3 rings (SSSR count). The standard InChI is InChI=1S/C19H25N3O2/c1-3-24-19(23)18-13-20-22(15(18)2)17-9-11-21(12-10-17)14-16-7-5-4-6-8-16/h4-8,13,17H,3,9-12,14H2,1-2H3. The van der Waals surface area contributed by atoms with Gasteiger partial charge < -0.3 is 4.74 Å². The number of carbonyl (C=O) groups is 1. The summed E-state index contributed by atoms with van der Waals surface area (Å²) in [5.41, 5.74) is 2.86. The Balaban J connectivity index is 1.60. The Labute approximate surface area is 143 Å². The van der Waals surface area contributed by atoms with Gasteiger partial charge in [0.25, 0.3) is 0 Å². The molecule has 0 N–H and O–H groups in total. The largest absolute Gasteiger partial charge is 0.462 e. The van der Waals surface area contributed by atoms with E-state index in [1.165, 1.54) is 5.56 Å². The summed E-state index contributed by atoms with van der Waals surface area (Å²) in [5.74, 6) is -0.275. The number of aromatic nitrogens is 2. The van der Waals surface area contributed by atoms with Crippen LogP contribution in [0.5, 0.6) is 0 Å². The van der Waals surface area contributed by atoms with Crippen molar-refractivity contribution in [2.45, 2.75) is 39.3 Å². The molecule has 1 fully saturated rings. The van der Waals surface area contributed by atoms with Gasteiger partial charge in [-0.2, -0.15) is 5.10 Å². The Hall–Kier alpha value is -2.14. The third-order valence-electron chi connectivity index (χ3n) is 4.69. The number of nitrogens with zero attached hydrogens (tertiary/aromatic N) is 3. The van der Waals surface area contributed by atoms with Crippen molar-refractivity contribution >= 4 is 5.97 Å². The molecule has 0 spiro atoms. The molecule has 2 aromatic rings. The summed E-state index contributed by atoms with van der Waals surface area (Å²) in [5, 5.41) is 4.45. The summed E-state index contributed by atoms with van der Waals surface area (Å²) >= 11 is 0. The Morgan fingerprint density at radius 1 is 1.25 bits per heavy atom. The molecule has 0 aliphatic carbocycles. The van der Waals surface area contributed by atoms with Crippen molar-refractivity contribution in [1.29, 1.82) is 0 Å². The molecule has 0 saturated carbocycles. The van der Waals surface area contributed by atoms with Gasteiger partial charge in [0.1, 0.15) is 5.56 Å². The summed E-state index contributed by atoms with van der Waals surface area (Å²) in [6.07, 6.45) is 3.75. The molecule has 2 heterocycles. The molecule has 0 atom stereocenters. The van der Waals surface area contributed by atoms with Crippen LogP contribution >= 0.6 is 0 Å². The SMILES string of the molecule is CCOC(=O)c1cnn(C2CCN(Cc3ccccc3)CC2)c1C. The molecule has 1 aromatic heterocycles. The first-order valence-corrected chi connectivity index (χ1v) is 8.66. The number of esters is 1. The van der Waals surface area contributed by atoms with Gasteiger partial charge in [0, 0.05) is 19.6 Å². The van der Waals surface area contributed by atoms with Crippen molar-refractivity contribution < 1.29 is 9.53 Å². The summed E-state index contributed by atoms with van der Waals surface area (Å²) < 4.78 is 7.10. The molecule has 0 bridgehead atoms. The van der Waals surface area contributed by atoms with Crippen LogP contribution in [0.15, 0.2) is 36.5 Å². The lowest BCUT2D eigenvalue weighted by atomic mass is 10.0. The van der Waals surface area contributed by atoms with Crippen molar-refractivity contribution in [2.24, 2.45) is 0 Å². The Morgan fingerprint density at radius 2 is 1.96 bits per heavy atom. The van der Waals surface area contributed by atoms with Crippen LogP contribution in [0.1, 0.15) is 47.4 Å². The molecule has 1 aliphatic heterocycles. The van der Waals surface area contributed by atoms with E-state index in [-0.39, 0.29) is 5.97 Å². The number of rotatable bonds is 5. The lowest BCUT2D eigenvalue weighted by molar-refractivity contribution is 0.0525. The van der Waals surface area contributed by atoms with E-state index >= 15 is 0 Å². The summed E-state index contributed by atoms with van der Waals surface area (Å²) in [7, 11) is 0. The molecular formula is C19H25N3O2. The quantitative estimate of drug-likeness (QED) is 0.791. The first-order valence-electron chi connectivity index (χ1n) is 8.66. The molecule has 1 aromatic carbocycles. The number of hydrogen-bond donors (Lipinski definition) is 0. The van der Waals surface area contributed by atoms with Crippen LogP contribution in [0, 0.1) is 6.92 Å². The van der Waals surface area contributed by atoms with E-state index < -0.39 is 0 Å². The molecule has 24 heavy (non-hydrogen) atoms. The second kappa shape index (κ2) is 7.62. The minimum absolute atomic E-state index is 0.275. The van der Waals surface area contributed by atoms with E-state index in [2.05, 4.69) is 40.3 Å². The van der Waals surface area contributed by atoms with Crippen LogP contribution in [0.3, 0.4) is 0 Å². The third kappa shape index (κ3) is 3.67. The van der Waals surface area contributed by atoms with Gasteiger partial charge in [-0.3, -0.25) is 9.58 Å². The minimum atomic E-state index is -0.275. The van der Waals surface area contributed by atoms with Crippen LogP contribution < -0.4 is 0 Å². The zero-order chi connectivity index (χ0) is 16.9. The monoisotopic (exact) mass is 327 g/mol. The van der Waals surface area contributed by atoms with Crippen LogP contribution in [0.4, 0.5) is 0 Å². The third-order valence-corrected chi connectivity index (χ3v) is 4.69. The molecule has 0 amide bonds. The Bertz CT molecular complexity index is 673. The van der Waals surface area contributed by atoms with Crippen molar-refractivity contribution in [3.8, 4) is 0 Å². The van der Waals surface area contributed by atoms with Gasteiger partial charge in [0.2, 0.25) is 0 Å². The number of ether oxygens (including phenoxy) is 1. The summed E-state index contributed by atoms with van der Waals surface area (Å²) in [6, 6.07) is 10.9. The Kier molecular flexibility index (Phi) is 5.30. The molecule has 0 radical (unpaired) electrons. The minimum Gasteiger partial charge on any atom is -0.462 e. The molecule has 1 saturated heterocycles. The smallest absolute Gasteiger partial charge is 0.341 e. The number of hydrogen-bond acceptors (Lipinski definition) is 4. The predicted molar refractivity (Wildman–Crippen MR) is 92.9 cm³/mol. The average Bonchev–Trinajstić information content (AvgIpc) is 2.98. The first kappa shape index (κ1) is 16.7. The maximum absolute atomic E-state index is 11.9. The molecule has 0 unspecified atom stereocenters. The highest BCUT2D eigenvalue weighted by Crippen LogP contribution is 2.25. The second-order valence-electron chi connectivity index (χ2n) is 6.30. The highest BCUT2D eigenvalue weighted by molar-refractivity contribution is 5.90. The van der Waals surface area contributed by atoms with E-state index in [1.807, 2.05) is 18.5 Å². The van der Waals surface area contributed by atoms with Gasteiger partial charge in [0.15, 0.2) is 0 Å². The summed E-state index contributed by atoms with van der Waals surface area (Å²) in [4.78, 5) is 14.4. The lowest BCUT2D eigenvalue weighted by Crippen LogP contribution is -2.34. The van der Waals surface area contributed by atoms with Gasteiger partial charge >= 0.3 is 5.97 Å². The van der Waals surface area contributed by atoms with Crippen LogP contribution in [-0.2, 0) is 11.3 Å². The zero-order valence-electron chi connectivity index (χ0n) is 14.4. The molecular weight excluding hydrogens is 302 g/mol. The Morgan fingerprint density at radius 3 is 2.62 bits per heavy atom. The van der Waals surface area contributed by atoms with Crippen molar-refractivity contribution in [3.63, 3.8) is 0 Å². The first-order chi connectivity index (χ1) is 11.7. The van der Waals surface area contributed by atoms with E-state index in [0.29, 0.717) is 18.2 Å². The van der Waals surface area contributed by atoms with Crippen LogP contribution in [0.25, 0.3) is 0 Å². The van der Waals surface area contributed by atoms with Gasteiger partial charge in [-0.25, -0.2) is 4.79 Å². The van der Waals surface area contributed by atoms with Crippen molar-refractivity contribution in [2.75, 3.05) is 19.7 Å². The van der Waals surface area contributed by atoms with Crippen LogP contribution in [0.2, 0.25) is 0 Å². The topological polar surface area (TPSA) is 47.4 Å². The second-order valence-corrected chi connectivity index (χ2v) is 6.30. The van der Waals surface area contributed by atoms with Gasteiger partial charge in [0.05, 0.1) is 24.5 Å². The van der Waals surface area contributed by atoms with E-state index in [0.717, 1.165) is 38.2 Å². The van der Waals surface area contributed by atoms with E-state index in [9.17, 15) is 4.79 Å². The average molecular weight is 327 g/mol. The molecule has 128 valence electrons. The number of benzene rings is 1. The number of piperidine rings is 1. The maximum Gasteiger partial charge on any atom is 0.341 e. The van der Waals surface area contributed by atoms with Gasteiger partial charge in [-0.05, 0) is 32.3 Å². The molecule has 1 aliphatic rings. The normalized spacial score (nSPS) is 16.2. The van der Waals surface area contributed by atoms with Crippen molar-refractivity contribution in [1.82, 2.24) is 14.7 Å². The van der Waals surface area contributed by atoms with E-state index in [4.69, 9.17) is 4.74 Å². The fourth-order valence-electron chi connectivity index (χ4n) is 3.36. The molecule has 5 heteroatoms. The summed E-state index contributed by atoms with van der Waals surface area (Å²) in [6.45, 7) is 7.26. The predicted octanol–water partition coefficient (Wildman–Crippen LogP) is 3.21. The van der Waals surface area contributed by atoms with E-state index in [1.54, 1.807) is 6.20 Å².